The van der Waals surface area contributed by atoms with Gasteiger partial charge in [0.05, 0.1) is 51.4 Å². The lowest BCUT2D eigenvalue weighted by Crippen LogP contribution is -2.15. The van der Waals surface area contributed by atoms with Gasteiger partial charge in [0, 0.05) is 0 Å². The van der Waals surface area contributed by atoms with Crippen LogP contribution in [0.5, 0.6) is 11.5 Å². The molecule has 0 aliphatic rings. The molecule has 47 heavy (non-hydrogen) atoms. The minimum atomic E-state index is -4.89. The number of nitrogens with zero attached hydrogens (tertiary/aromatic N) is 4. The Kier molecular flexibility index (Phi) is 11.5. The molecule has 0 saturated heterocycles. The average molecular weight is 739 g/mol. The lowest BCUT2D eigenvalue weighted by Gasteiger charge is -2.08. The highest BCUT2D eigenvalue weighted by molar-refractivity contribution is 7.91. The van der Waals surface area contributed by atoms with Crippen LogP contribution in [-0.4, -0.2) is 88.8 Å². The Morgan fingerprint density at radius 2 is 1.06 bits per heavy atom. The zero-order chi connectivity index (χ0) is 35.2. The maximum absolute atomic E-state index is 12.5. The lowest BCUT2D eigenvalue weighted by atomic mass is 10.1. The number of rotatable bonds is 15. The number of carboxylic acids is 1. The van der Waals surface area contributed by atoms with Crippen LogP contribution in [0.25, 0.3) is 0 Å². The number of hydrogen-bond donors (Lipinski definition) is 5. The minimum absolute atomic E-state index is 0.161. The molecule has 3 aromatic rings. The van der Waals surface area contributed by atoms with Crippen molar-refractivity contribution < 1.29 is 71.3 Å². The quantitative estimate of drug-likeness (QED) is 0.110. The summed E-state index contributed by atoms with van der Waals surface area (Å²) < 4.78 is 118. The molecule has 0 spiro atoms. The van der Waals surface area contributed by atoms with Crippen molar-refractivity contribution in [3.05, 3.63) is 60.2 Å². The molecule has 0 amide bonds. The Bertz CT molecular complexity index is 2180. The number of aromatic carboxylic acids is 1. The van der Waals surface area contributed by atoms with Gasteiger partial charge in [-0.2, -0.15) is 27.1 Å². The highest BCUT2D eigenvalue weighted by Gasteiger charge is 2.23. The largest absolute Gasteiger partial charge is 0.505 e. The van der Waals surface area contributed by atoms with Gasteiger partial charge in [-0.15, -0.1) is 10.2 Å². The fraction of sp³-hybridized carbons (Fsp3) is 0.174. The molecule has 0 radical (unpaired) electrons. The zero-order valence-corrected chi connectivity index (χ0v) is 26.4. The molecule has 3 aromatic carbocycles. The van der Waals surface area contributed by atoms with Crippen molar-refractivity contribution in [2.45, 2.75) is 9.79 Å². The van der Waals surface area contributed by atoms with Crippen molar-refractivity contribution in [1.29, 1.82) is 0 Å². The first kappa shape index (κ1) is 37.0. The van der Waals surface area contributed by atoms with Crippen molar-refractivity contribution in [3.63, 3.8) is 0 Å². The Balaban J connectivity index is 1.93. The van der Waals surface area contributed by atoms with Crippen LogP contribution < -0.4 is 0 Å². The fourth-order valence-electron chi connectivity index (χ4n) is 3.42. The van der Waals surface area contributed by atoms with Crippen LogP contribution in [0.3, 0.4) is 0 Å². The van der Waals surface area contributed by atoms with Gasteiger partial charge in [-0.25, -0.2) is 30.0 Å². The Hall–Kier alpha value is -4.43. The van der Waals surface area contributed by atoms with E-state index < -0.39 is 99.6 Å². The van der Waals surface area contributed by atoms with Gasteiger partial charge in [0.1, 0.15) is 11.4 Å². The van der Waals surface area contributed by atoms with Gasteiger partial charge in [-0.3, -0.25) is 9.11 Å². The average Bonchev–Trinajstić information content (AvgIpc) is 2.95. The Morgan fingerprint density at radius 1 is 0.638 bits per heavy atom. The molecule has 0 unspecified atom stereocenters. The Morgan fingerprint density at radius 3 is 1.47 bits per heavy atom. The fourth-order valence-corrected chi connectivity index (χ4v) is 6.47. The van der Waals surface area contributed by atoms with E-state index in [0.29, 0.717) is 6.07 Å². The van der Waals surface area contributed by atoms with E-state index in [0.717, 1.165) is 24.3 Å². The predicted octanol–water partition coefficient (Wildman–Crippen LogP) is 2.81. The van der Waals surface area contributed by atoms with Crippen molar-refractivity contribution in [3.8, 4) is 11.5 Å². The molecule has 0 bridgehead atoms. The molecule has 0 aliphatic carbocycles. The van der Waals surface area contributed by atoms with Gasteiger partial charge in [0.2, 0.25) is 0 Å². The molecule has 254 valence electrons. The van der Waals surface area contributed by atoms with E-state index in [1.165, 1.54) is 24.3 Å². The molecule has 0 atom stereocenters. The molecule has 0 saturated carbocycles. The summed E-state index contributed by atoms with van der Waals surface area (Å²) in [4.78, 5) is 11.1. The van der Waals surface area contributed by atoms with E-state index in [1.54, 1.807) is 0 Å². The highest BCUT2D eigenvalue weighted by Crippen LogP contribution is 2.46. The Labute approximate surface area is 266 Å². The molecule has 3 rings (SSSR count). The summed E-state index contributed by atoms with van der Waals surface area (Å²) in [5.74, 6) is -5.33. The molecule has 5 N–H and O–H groups in total. The molecular formula is C23H22N4O16S4. The summed E-state index contributed by atoms with van der Waals surface area (Å²) in [6.45, 7) is -1.80. The van der Waals surface area contributed by atoms with E-state index >= 15 is 0 Å². The molecule has 0 heterocycles. The summed E-state index contributed by atoms with van der Waals surface area (Å²) in [5, 5.41) is 45.4. The SMILES string of the molecule is O=C(O)c1cc(O)c(N=Nc2cccc(S(=O)(=O)CCOS(=O)(=O)O)c2)c(O)c1N=Nc1cccc(S(=O)(=O)CCOS(=O)(=O)O)c1. The number of carboxylic acid groups (broad SMARTS) is 1. The second kappa shape index (κ2) is 14.6. The second-order valence-corrected chi connectivity index (χ2v) is 15.2. The summed E-state index contributed by atoms with van der Waals surface area (Å²) in [6, 6.07) is 9.81. The van der Waals surface area contributed by atoms with Crippen LogP contribution in [-0.2, 0) is 48.8 Å². The molecular weight excluding hydrogens is 717 g/mol. The first-order valence-corrected chi connectivity index (χ1v) is 18.3. The van der Waals surface area contributed by atoms with E-state index in [9.17, 15) is 53.8 Å². The van der Waals surface area contributed by atoms with Gasteiger partial charge in [-0.05, 0) is 42.5 Å². The molecule has 24 heteroatoms. The second-order valence-electron chi connectivity index (χ2n) is 8.83. The summed E-state index contributed by atoms with van der Waals surface area (Å²) in [6.07, 6.45) is 0. The van der Waals surface area contributed by atoms with Gasteiger partial charge < -0.3 is 15.3 Å². The third kappa shape index (κ3) is 10.8. The number of benzene rings is 3. The maximum atomic E-state index is 12.5. The van der Waals surface area contributed by atoms with Crippen molar-refractivity contribution in [1.82, 2.24) is 0 Å². The molecule has 20 nitrogen and oxygen atoms in total. The number of hydrogen-bond acceptors (Lipinski definition) is 17. The topological polar surface area (TPSA) is 323 Å². The van der Waals surface area contributed by atoms with Crippen LogP contribution in [0.4, 0.5) is 22.7 Å². The minimum Gasteiger partial charge on any atom is -0.505 e. The number of azo groups is 2. The van der Waals surface area contributed by atoms with E-state index in [2.05, 4.69) is 28.8 Å². The van der Waals surface area contributed by atoms with Crippen LogP contribution in [0.15, 0.2) is 84.8 Å². The normalized spacial score (nSPS) is 13.0. The smallest absolute Gasteiger partial charge is 0.397 e. The molecule has 0 aliphatic heterocycles. The third-order valence-corrected chi connectivity index (χ3v) is 9.79. The lowest BCUT2D eigenvalue weighted by molar-refractivity contribution is 0.0696. The predicted molar refractivity (Wildman–Crippen MR) is 157 cm³/mol. The third-order valence-electron chi connectivity index (χ3n) is 5.51. The highest BCUT2D eigenvalue weighted by atomic mass is 32.3. The van der Waals surface area contributed by atoms with E-state index in [4.69, 9.17) is 9.11 Å². The van der Waals surface area contributed by atoms with Crippen LogP contribution >= 0.6 is 0 Å². The summed E-state index contributed by atoms with van der Waals surface area (Å²) in [5.41, 5.74) is -2.60. The van der Waals surface area contributed by atoms with Gasteiger partial charge in [0.15, 0.2) is 31.1 Å². The number of aromatic hydroxyl groups is 2. The zero-order valence-electron chi connectivity index (χ0n) is 23.2. The molecule has 0 aromatic heterocycles. The van der Waals surface area contributed by atoms with Crippen molar-refractivity contribution >= 4 is 69.2 Å². The monoisotopic (exact) mass is 738 g/mol. The van der Waals surface area contributed by atoms with Crippen molar-refractivity contribution in [2.75, 3.05) is 24.7 Å². The van der Waals surface area contributed by atoms with Crippen LogP contribution in [0, 0.1) is 0 Å². The molecule has 0 fully saturated rings. The van der Waals surface area contributed by atoms with Gasteiger partial charge >= 0.3 is 26.8 Å². The first-order valence-electron chi connectivity index (χ1n) is 12.2. The number of sulfone groups is 2. The van der Waals surface area contributed by atoms with E-state index in [1.807, 2.05) is 0 Å². The summed E-state index contributed by atoms with van der Waals surface area (Å²) in [7, 11) is -18.1. The standard InChI is InChI=1S/C23H22N4O16S4/c28-19-13-18(23(30)31)20(26-24-14-3-1-5-16(11-14)44(32,33)9-7-42-46(36,37)38)22(29)21(19)27-25-15-4-2-6-17(12-15)45(34,35)10-8-43-47(39,40)41/h1-6,11-13,28-29H,7-10H2,(H,30,31)(H,36,37,38)(H,39,40,41). The number of carbonyl (C=O) groups is 1. The van der Waals surface area contributed by atoms with Crippen LogP contribution in [0.1, 0.15) is 10.4 Å². The van der Waals surface area contributed by atoms with Gasteiger partial charge in [-0.1, -0.05) is 12.1 Å². The van der Waals surface area contributed by atoms with Crippen LogP contribution in [0.2, 0.25) is 0 Å². The maximum Gasteiger partial charge on any atom is 0.397 e. The number of phenols is 2. The number of phenolic OH excluding ortho intramolecular Hbond substituents is 2. The van der Waals surface area contributed by atoms with E-state index in [-0.39, 0.29) is 21.2 Å². The first-order chi connectivity index (χ1) is 21.7. The van der Waals surface area contributed by atoms with Gasteiger partial charge in [0.25, 0.3) is 0 Å². The van der Waals surface area contributed by atoms with Crippen molar-refractivity contribution in [2.24, 2.45) is 20.5 Å². The summed E-state index contributed by atoms with van der Waals surface area (Å²) >= 11 is 0.